The van der Waals surface area contributed by atoms with Gasteiger partial charge in [0, 0.05) is 18.2 Å². The molecule has 1 fully saturated rings. The van der Waals surface area contributed by atoms with E-state index in [0.29, 0.717) is 5.92 Å². The molecule has 1 aromatic heterocycles. The van der Waals surface area contributed by atoms with Crippen molar-refractivity contribution in [3.63, 3.8) is 0 Å². The number of aromatic amines is 1. The summed E-state index contributed by atoms with van der Waals surface area (Å²) in [4.78, 5) is 2.38. The van der Waals surface area contributed by atoms with Crippen molar-refractivity contribution in [1.82, 2.24) is 15.1 Å². The highest BCUT2D eigenvalue weighted by atomic mass is 79.9. The number of hydrogen-bond acceptors (Lipinski definition) is 2. The van der Waals surface area contributed by atoms with Crippen molar-refractivity contribution in [3.05, 3.63) is 16.4 Å². The Morgan fingerprint density at radius 2 is 2.54 bits per heavy atom. The van der Waals surface area contributed by atoms with Crippen LogP contribution in [0.1, 0.15) is 24.5 Å². The summed E-state index contributed by atoms with van der Waals surface area (Å²) in [5, 5.41) is 7.16. The molecule has 1 atom stereocenters. The predicted molar refractivity (Wildman–Crippen MR) is 55.8 cm³/mol. The summed E-state index contributed by atoms with van der Waals surface area (Å²) in [6, 6.07) is 2.09. The maximum absolute atomic E-state index is 4.09. The Labute approximate surface area is 86.6 Å². The quantitative estimate of drug-likeness (QED) is 0.819. The molecule has 0 amide bonds. The zero-order valence-electron chi connectivity index (χ0n) is 7.76. The third-order valence-corrected chi connectivity index (χ3v) is 3.04. The summed E-state index contributed by atoms with van der Waals surface area (Å²) in [5.74, 6) is 0.637. The van der Waals surface area contributed by atoms with Gasteiger partial charge in [-0.2, -0.15) is 5.10 Å². The van der Waals surface area contributed by atoms with E-state index < -0.39 is 0 Å². The molecule has 0 aliphatic carbocycles. The van der Waals surface area contributed by atoms with Crippen molar-refractivity contribution in [2.75, 3.05) is 20.1 Å². The molecule has 1 unspecified atom stereocenters. The fourth-order valence-corrected chi connectivity index (χ4v) is 2.28. The van der Waals surface area contributed by atoms with Gasteiger partial charge in [0.2, 0.25) is 0 Å². The second-order valence-electron chi connectivity index (χ2n) is 3.75. The molecule has 0 bridgehead atoms. The SMILES string of the molecule is CN1CCCC(c2cc(Br)n[nH]2)C1. The number of nitrogens with zero attached hydrogens (tertiary/aromatic N) is 2. The lowest BCUT2D eigenvalue weighted by Gasteiger charge is -2.28. The molecule has 0 saturated carbocycles. The van der Waals surface area contributed by atoms with Gasteiger partial charge in [-0.15, -0.1) is 0 Å². The van der Waals surface area contributed by atoms with E-state index in [-0.39, 0.29) is 0 Å². The minimum absolute atomic E-state index is 0.637. The second kappa shape index (κ2) is 3.80. The molecule has 2 rings (SSSR count). The first kappa shape index (κ1) is 9.21. The van der Waals surface area contributed by atoms with Crippen LogP contribution >= 0.6 is 15.9 Å². The number of piperidine rings is 1. The van der Waals surface area contributed by atoms with Crippen LogP contribution in [-0.2, 0) is 0 Å². The van der Waals surface area contributed by atoms with Gasteiger partial charge in [0.25, 0.3) is 0 Å². The molecule has 1 N–H and O–H groups in total. The van der Waals surface area contributed by atoms with Crippen LogP contribution in [0.15, 0.2) is 10.7 Å². The molecular formula is C9H14BrN3. The average molecular weight is 244 g/mol. The zero-order valence-corrected chi connectivity index (χ0v) is 9.34. The van der Waals surface area contributed by atoms with Gasteiger partial charge in [0.15, 0.2) is 0 Å². The van der Waals surface area contributed by atoms with E-state index in [4.69, 9.17) is 0 Å². The highest BCUT2D eigenvalue weighted by Crippen LogP contribution is 2.25. The molecule has 0 spiro atoms. The molecule has 0 aromatic carbocycles. The summed E-state index contributed by atoms with van der Waals surface area (Å²) in [7, 11) is 2.18. The number of H-pyrrole nitrogens is 1. The molecule has 0 radical (unpaired) electrons. The third-order valence-electron chi connectivity index (χ3n) is 2.63. The van der Waals surface area contributed by atoms with Crippen LogP contribution in [0.3, 0.4) is 0 Å². The topological polar surface area (TPSA) is 31.9 Å². The largest absolute Gasteiger partial charge is 0.306 e. The van der Waals surface area contributed by atoms with E-state index >= 15 is 0 Å². The van der Waals surface area contributed by atoms with Crippen LogP contribution in [0.2, 0.25) is 0 Å². The minimum atomic E-state index is 0.637. The van der Waals surface area contributed by atoms with Crippen LogP contribution in [0, 0.1) is 0 Å². The first-order valence-corrected chi connectivity index (χ1v) is 5.44. The predicted octanol–water partition coefficient (Wildman–Crippen LogP) is 1.98. The van der Waals surface area contributed by atoms with Gasteiger partial charge in [-0.3, -0.25) is 5.10 Å². The van der Waals surface area contributed by atoms with E-state index in [0.717, 1.165) is 11.1 Å². The number of likely N-dealkylation sites (N-methyl/N-ethyl adjacent to an activating group) is 1. The highest BCUT2D eigenvalue weighted by molar-refractivity contribution is 9.10. The summed E-state index contributed by atoms with van der Waals surface area (Å²) < 4.78 is 0.913. The Balaban J connectivity index is 2.08. The zero-order chi connectivity index (χ0) is 9.26. The molecule has 72 valence electrons. The molecule has 3 nitrogen and oxygen atoms in total. The van der Waals surface area contributed by atoms with Crippen LogP contribution < -0.4 is 0 Å². The first-order chi connectivity index (χ1) is 6.25. The van der Waals surface area contributed by atoms with Crippen LogP contribution in [0.25, 0.3) is 0 Å². The van der Waals surface area contributed by atoms with Crippen LogP contribution in [-0.4, -0.2) is 35.2 Å². The highest BCUT2D eigenvalue weighted by Gasteiger charge is 2.20. The van der Waals surface area contributed by atoms with E-state index in [2.05, 4.69) is 44.1 Å². The van der Waals surface area contributed by atoms with E-state index in [1.807, 2.05) is 0 Å². The summed E-state index contributed by atoms with van der Waals surface area (Å²) in [6.07, 6.45) is 2.57. The lowest BCUT2D eigenvalue weighted by Crippen LogP contribution is -2.30. The van der Waals surface area contributed by atoms with Gasteiger partial charge >= 0.3 is 0 Å². The second-order valence-corrected chi connectivity index (χ2v) is 4.56. The Hall–Kier alpha value is -0.350. The molecule has 13 heavy (non-hydrogen) atoms. The molecule has 1 aliphatic heterocycles. The molecule has 1 aromatic rings. The normalized spacial score (nSPS) is 24.9. The molecule has 1 saturated heterocycles. The summed E-state index contributed by atoms with van der Waals surface area (Å²) >= 11 is 3.36. The standard InChI is InChI=1S/C9H14BrN3/c1-13-4-2-3-7(6-13)8-5-9(10)12-11-8/h5,7H,2-4,6H2,1H3,(H,11,12). The number of nitrogens with one attached hydrogen (secondary N) is 1. The summed E-state index contributed by atoms with van der Waals surface area (Å²) in [5.41, 5.74) is 1.26. The maximum Gasteiger partial charge on any atom is 0.128 e. The fourth-order valence-electron chi connectivity index (χ4n) is 1.94. The summed E-state index contributed by atoms with van der Waals surface area (Å²) in [6.45, 7) is 2.38. The van der Waals surface area contributed by atoms with E-state index in [1.54, 1.807) is 0 Å². The number of likely N-dealkylation sites (tertiary alicyclic amines) is 1. The van der Waals surface area contributed by atoms with Crippen molar-refractivity contribution in [2.45, 2.75) is 18.8 Å². The van der Waals surface area contributed by atoms with Crippen molar-refractivity contribution in [2.24, 2.45) is 0 Å². The van der Waals surface area contributed by atoms with Crippen molar-refractivity contribution in [3.8, 4) is 0 Å². The number of aromatic nitrogens is 2. The average Bonchev–Trinajstić information content (AvgIpc) is 2.52. The number of rotatable bonds is 1. The number of hydrogen-bond donors (Lipinski definition) is 1. The monoisotopic (exact) mass is 243 g/mol. The van der Waals surface area contributed by atoms with Crippen molar-refractivity contribution >= 4 is 15.9 Å². The maximum atomic E-state index is 4.09. The Kier molecular flexibility index (Phi) is 2.69. The molecular weight excluding hydrogens is 230 g/mol. The van der Waals surface area contributed by atoms with Gasteiger partial charge in [-0.05, 0) is 48.4 Å². The lowest BCUT2D eigenvalue weighted by molar-refractivity contribution is 0.248. The van der Waals surface area contributed by atoms with Gasteiger partial charge in [0.05, 0.1) is 0 Å². The van der Waals surface area contributed by atoms with Crippen molar-refractivity contribution < 1.29 is 0 Å². The minimum Gasteiger partial charge on any atom is -0.306 e. The van der Waals surface area contributed by atoms with Gasteiger partial charge in [0.1, 0.15) is 4.60 Å². The molecule has 1 aliphatic rings. The fraction of sp³-hybridized carbons (Fsp3) is 0.667. The Bertz CT molecular complexity index is 284. The Morgan fingerprint density at radius 3 is 3.15 bits per heavy atom. The van der Waals surface area contributed by atoms with Crippen molar-refractivity contribution in [1.29, 1.82) is 0 Å². The first-order valence-electron chi connectivity index (χ1n) is 4.65. The smallest absolute Gasteiger partial charge is 0.128 e. The lowest BCUT2D eigenvalue weighted by atomic mass is 9.95. The van der Waals surface area contributed by atoms with E-state index in [1.165, 1.54) is 25.1 Å². The van der Waals surface area contributed by atoms with Gasteiger partial charge < -0.3 is 4.90 Å². The van der Waals surface area contributed by atoms with Gasteiger partial charge in [-0.1, -0.05) is 0 Å². The van der Waals surface area contributed by atoms with Crippen LogP contribution in [0.4, 0.5) is 0 Å². The molecule has 4 heteroatoms. The van der Waals surface area contributed by atoms with E-state index in [9.17, 15) is 0 Å². The third kappa shape index (κ3) is 2.11. The van der Waals surface area contributed by atoms with Crippen LogP contribution in [0.5, 0.6) is 0 Å². The Morgan fingerprint density at radius 1 is 1.69 bits per heavy atom. The number of halogens is 1. The molecule has 2 heterocycles. The van der Waals surface area contributed by atoms with Gasteiger partial charge in [-0.25, -0.2) is 0 Å².